The van der Waals surface area contributed by atoms with Gasteiger partial charge in [-0.05, 0) is 43.2 Å². The van der Waals surface area contributed by atoms with Crippen molar-refractivity contribution in [2.75, 3.05) is 11.9 Å². The first-order chi connectivity index (χ1) is 14.8. The summed E-state index contributed by atoms with van der Waals surface area (Å²) in [5, 5.41) is 3.34. The highest BCUT2D eigenvalue weighted by atomic mass is 35.5. The quantitative estimate of drug-likeness (QED) is 0.408. The maximum atomic E-state index is 11.9. The number of nitrogens with one attached hydrogen (secondary N) is 3. The predicted molar refractivity (Wildman–Crippen MR) is 117 cm³/mol. The van der Waals surface area contributed by atoms with Crippen LogP contribution in [0.5, 0.6) is 0 Å². The third kappa shape index (κ3) is 8.27. The number of carbonyl (C=O) groups is 4. The lowest BCUT2D eigenvalue weighted by Gasteiger charge is -2.10. The second-order valence-corrected chi connectivity index (χ2v) is 7.35. The van der Waals surface area contributed by atoms with E-state index in [1.807, 2.05) is 0 Å². The standard InChI is InChI=1S/C21H21Cl2N3O5/c1-13-9-10-14(22)11-17(13)24-19(28)12-31-20(29)8-4-7-18(27)25-26-21(30)15-5-2-3-6-16(15)23/h2-3,5-6,9-11H,4,7-8,12H2,1H3,(H,24,28)(H,25,27)(H,26,30). The summed E-state index contributed by atoms with van der Waals surface area (Å²) in [6, 6.07) is 11.4. The summed E-state index contributed by atoms with van der Waals surface area (Å²) < 4.78 is 4.90. The zero-order valence-electron chi connectivity index (χ0n) is 16.7. The van der Waals surface area contributed by atoms with Gasteiger partial charge in [-0.15, -0.1) is 0 Å². The Labute approximate surface area is 189 Å². The summed E-state index contributed by atoms with van der Waals surface area (Å²) in [5.74, 6) is -2.16. The number of benzene rings is 2. The zero-order valence-corrected chi connectivity index (χ0v) is 18.2. The van der Waals surface area contributed by atoms with Crippen molar-refractivity contribution < 1.29 is 23.9 Å². The minimum absolute atomic E-state index is 0.0220. The predicted octanol–water partition coefficient (Wildman–Crippen LogP) is 3.42. The van der Waals surface area contributed by atoms with E-state index in [4.69, 9.17) is 27.9 Å². The topological polar surface area (TPSA) is 114 Å². The molecule has 2 rings (SSSR count). The van der Waals surface area contributed by atoms with Crippen LogP contribution in [0.3, 0.4) is 0 Å². The number of ether oxygens (including phenoxy) is 1. The van der Waals surface area contributed by atoms with Gasteiger partial charge in [0.2, 0.25) is 5.91 Å². The average Bonchev–Trinajstić information content (AvgIpc) is 2.73. The molecular weight excluding hydrogens is 445 g/mol. The molecule has 8 nitrogen and oxygen atoms in total. The van der Waals surface area contributed by atoms with Crippen molar-refractivity contribution in [2.45, 2.75) is 26.2 Å². The van der Waals surface area contributed by atoms with Crippen molar-refractivity contribution in [3.05, 3.63) is 63.6 Å². The van der Waals surface area contributed by atoms with E-state index in [-0.39, 0.29) is 29.8 Å². The van der Waals surface area contributed by atoms with E-state index in [2.05, 4.69) is 16.2 Å². The number of esters is 1. The second kappa shape index (κ2) is 11.9. The van der Waals surface area contributed by atoms with Gasteiger partial charge in [-0.25, -0.2) is 0 Å². The molecule has 0 fully saturated rings. The second-order valence-electron chi connectivity index (χ2n) is 6.50. The van der Waals surface area contributed by atoms with Crippen molar-refractivity contribution in [1.82, 2.24) is 10.9 Å². The van der Waals surface area contributed by atoms with Crippen molar-refractivity contribution in [3.8, 4) is 0 Å². The molecule has 0 spiro atoms. The summed E-state index contributed by atoms with van der Waals surface area (Å²) in [7, 11) is 0. The monoisotopic (exact) mass is 465 g/mol. The molecule has 0 radical (unpaired) electrons. The fourth-order valence-corrected chi connectivity index (χ4v) is 2.82. The van der Waals surface area contributed by atoms with Gasteiger partial charge in [0.25, 0.3) is 11.8 Å². The number of amides is 3. The van der Waals surface area contributed by atoms with Gasteiger partial charge in [0.1, 0.15) is 0 Å². The molecule has 0 unspecified atom stereocenters. The van der Waals surface area contributed by atoms with Crippen LogP contribution in [0.1, 0.15) is 35.2 Å². The molecule has 0 aliphatic heterocycles. The summed E-state index contributed by atoms with van der Waals surface area (Å²) in [5.41, 5.74) is 6.06. The average molecular weight is 466 g/mol. The summed E-state index contributed by atoms with van der Waals surface area (Å²) in [4.78, 5) is 47.4. The Morgan fingerprint density at radius 1 is 0.935 bits per heavy atom. The fourth-order valence-electron chi connectivity index (χ4n) is 2.43. The highest BCUT2D eigenvalue weighted by Gasteiger charge is 2.12. The molecule has 0 saturated carbocycles. The van der Waals surface area contributed by atoms with E-state index in [9.17, 15) is 19.2 Å². The van der Waals surface area contributed by atoms with Crippen LogP contribution in [0.2, 0.25) is 10.0 Å². The summed E-state index contributed by atoms with van der Waals surface area (Å²) in [6.07, 6.45) is 0.100. The smallest absolute Gasteiger partial charge is 0.306 e. The number of hydrogen-bond acceptors (Lipinski definition) is 5. The first-order valence-electron chi connectivity index (χ1n) is 9.31. The minimum Gasteiger partial charge on any atom is -0.456 e. The highest BCUT2D eigenvalue weighted by molar-refractivity contribution is 6.33. The molecule has 0 saturated heterocycles. The largest absolute Gasteiger partial charge is 0.456 e. The van der Waals surface area contributed by atoms with E-state index in [1.54, 1.807) is 43.3 Å². The van der Waals surface area contributed by atoms with Crippen LogP contribution in [0, 0.1) is 6.92 Å². The molecule has 0 aliphatic rings. The number of carbonyl (C=O) groups excluding carboxylic acids is 4. The number of rotatable bonds is 8. The molecule has 3 N–H and O–H groups in total. The van der Waals surface area contributed by atoms with Crippen LogP contribution in [0.25, 0.3) is 0 Å². The van der Waals surface area contributed by atoms with Crippen LogP contribution >= 0.6 is 23.2 Å². The first-order valence-corrected chi connectivity index (χ1v) is 10.1. The lowest BCUT2D eigenvalue weighted by molar-refractivity contribution is -0.147. The number of halogens is 2. The van der Waals surface area contributed by atoms with Crippen molar-refractivity contribution in [2.24, 2.45) is 0 Å². The Bertz CT molecular complexity index is 981. The van der Waals surface area contributed by atoms with Gasteiger partial charge in [-0.1, -0.05) is 41.4 Å². The van der Waals surface area contributed by atoms with Gasteiger partial charge in [-0.2, -0.15) is 0 Å². The molecule has 0 aliphatic carbocycles. The number of anilines is 1. The number of hydrazine groups is 1. The van der Waals surface area contributed by atoms with Gasteiger partial charge in [0, 0.05) is 23.6 Å². The van der Waals surface area contributed by atoms with Crippen LogP contribution in [0.15, 0.2) is 42.5 Å². The van der Waals surface area contributed by atoms with Gasteiger partial charge >= 0.3 is 5.97 Å². The SMILES string of the molecule is Cc1ccc(Cl)cc1NC(=O)COC(=O)CCCC(=O)NNC(=O)c1ccccc1Cl. The van der Waals surface area contributed by atoms with Crippen LogP contribution in [0.4, 0.5) is 5.69 Å². The van der Waals surface area contributed by atoms with E-state index in [0.717, 1.165) is 5.56 Å². The van der Waals surface area contributed by atoms with Gasteiger partial charge in [-0.3, -0.25) is 30.0 Å². The van der Waals surface area contributed by atoms with Gasteiger partial charge in [0.15, 0.2) is 6.61 Å². The van der Waals surface area contributed by atoms with Gasteiger partial charge < -0.3 is 10.1 Å². The first kappa shape index (κ1) is 24.2. The third-order valence-electron chi connectivity index (χ3n) is 4.06. The normalized spacial score (nSPS) is 10.2. The molecule has 0 bridgehead atoms. The van der Waals surface area contributed by atoms with E-state index in [1.165, 1.54) is 6.07 Å². The van der Waals surface area contributed by atoms with Crippen LogP contribution in [-0.4, -0.2) is 30.3 Å². The molecule has 0 atom stereocenters. The Morgan fingerprint density at radius 3 is 2.42 bits per heavy atom. The summed E-state index contributed by atoms with van der Waals surface area (Å²) >= 11 is 11.8. The summed E-state index contributed by atoms with van der Waals surface area (Å²) in [6.45, 7) is 1.35. The maximum absolute atomic E-state index is 11.9. The molecule has 3 amide bonds. The maximum Gasteiger partial charge on any atom is 0.306 e. The number of hydrogen-bond donors (Lipinski definition) is 3. The Hall–Kier alpha value is -3.10. The Balaban J connectivity index is 1.63. The van der Waals surface area contributed by atoms with E-state index < -0.39 is 30.3 Å². The van der Waals surface area contributed by atoms with Crippen molar-refractivity contribution in [1.29, 1.82) is 0 Å². The third-order valence-corrected chi connectivity index (χ3v) is 4.62. The zero-order chi connectivity index (χ0) is 22.8. The van der Waals surface area contributed by atoms with Crippen molar-refractivity contribution in [3.63, 3.8) is 0 Å². The molecule has 31 heavy (non-hydrogen) atoms. The van der Waals surface area contributed by atoms with E-state index in [0.29, 0.717) is 10.7 Å². The minimum atomic E-state index is -0.620. The molecule has 2 aromatic carbocycles. The molecule has 0 heterocycles. The molecule has 0 aromatic heterocycles. The lowest BCUT2D eigenvalue weighted by Crippen LogP contribution is -2.41. The van der Waals surface area contributed by atoms with Crippen LogP contribution in [-0.2, 0) is 19.1 Å². The molecule has 164 valence electrons. The Kier molecular flexibility index (Phi) is 9.30. The fraction of sp³-hybridized carbons (Fsp3) is 0.238. The Morgan fingerprint density at radius 2 is 1.68 bits per heavy atom. The van der Waals surface area contributed by atoms with E-state index >= 15 is 0 Å². The molecular formula is C21H21Cl2N3O5. The molecule has 10 heteroatoms. The molecule has 2 aromatic rings. The highest BCUT2D eigenvalue weighted by Crippen LogP contribution is 2.20. The number of aryl methyl sites for hydroxylation is 1. The van der Waals surface area contributed by atoms with Gasteiger partial charge in [0.05, 0.1) is 10.6 Å². The lowest BCUT2D eigenvalue weighted by atomic mass is 10.2. The van der Waals surface area contributed by atoms with Crippen molar-refractivity contribution >= 4 is 52.6 Å². The van der Waals surface area contributed by atoms with Crippen LogP contribution < -0.4 is 16.2 Å².